The van der Waals surface area contributed by atoms with Crippen molar-refractivity contribution >= 4 is 22.7 Å². The van der Waals surface area contributed by atoms with Crippen molar-refractivity contribution in [3.8, 4) is 0 Å². The molecular formula is C20H23N5O3. The average molecular weight is 381 g/mol. The van der Waals surface area contributed by atoms with E-state index in [1.54, 1.807) is 37.5 Å². The Morgan fingerprint density at radius 2 is 1.96 bits per heavy atom. The number of aromatic nitrogens is 3. The molecule has 3 aromatic rings. The number of rotatable bonds is 6. The molecule has 1 aromatic carbocycles. The minimum atomic E-state index is -0.363. The van der Waals surface area contributed by atoms with E-state index in [-0.39, 0.29) is 17.6 Å². The molecule has 0 fully saturated rings. The zero-order chi connectivity index (χ0) is 20.3. The second-order valence-corrected chi connectivity index (χ2v) is 6.65. The molecule has 8 heteroatoms. The standard InChI is InChI=1S/C20H23N5O3/c1-24(2)16(13-7-9-14(10-8-13)20(27)28-4)12-22-18-17-15(6-5-11-21-17)19(26)25(3)23-18/h5-11,16H,12H2,1-4H3,(H,22,23). The van der Waals surface area contributed by atoms with Crippen molar-refractivity contribution in [2.24, 2.45) is 7.05 Å². The van der Waals surface area contributed by atoms with Gasteiger partial charge in [-0.25, -0.2) is 9.48 Å². The molecule has 0 radical (unpaired) electrons. The Morgan fingerprint density at radius 3 is 2.61 bits per heavy atom. The summed E-state index contributed by atoms with van der Waals surface area (Å²) in [6, 6.07) is 10.8. The van der Waals surface area contributed by atoms with E-state index in [0.717, 1.165) is 5.56 Å². The normalized spacial score (nSPS) is 12.2. The van der Waals surface area contributed by atoms with Crippen LogP contribution in [0.1, 0.15) is 22.0 Å². The molecule has 146 valence electrons. The smallest absolute Gasteiger partial charge is 0.337 e. The van der Waals surface area contributed by atoms with Gasteiger partial charge in [0.25, 0.3) is 5.56 Å². The Kier molecular flexibility index (Phi) is 5.70. The summed E-state index contributed by atoms with van der Waals surface area (Å²) in [5, 5.41) is 8.16. The van der Waals surface area contributed by atoms with Crippen molar-refractivity contribution in [3.05, 3.63) is 64.1 Å². The Hall–Kier alpha value is -3.26. The highest BCUT2D eigenvalue weighted by atomic mass is 16.5. The maximum absolute atomic E-state index is 12.2. The summed E-state index contributed by atoms with van der Waals surface area (Å²) in [4.78, 5) is 30.3. The van der Waals surface area contributed by atoms with Crippen LogP contribution in [-0.2, 0) is 11.8 Å². The maximum atomic E-state index is 12.2. The maximum Gasteiger partial charge on any atom is 0.337 e. The third-order valence-corrected chi connectivity index (χ3v) is 4.61. The van der Waals surface area contributed by atoms with Gasteiger partial charge in [-0.3, -0.25) is 9.78 Å². The van der Waals surface area contributed by atoms with Crippen LogP contribution in [0.3, 0.4) is 0 Å². The quantitative estimate of drug-likeness (QED) is 0.652. The van der Waals surface area contributed by atoms with Crippen molar-refractivity contribution < 1.29 is 9.53 Å². The molecule has 1 atom stereocenters. The summed E-state index contributed by atoms with van der Waals surface area (Å²) >= 11 is 0. The van der Waals surface area contributed by atoms with Crippen molar-refractivity contribution in [3.63, 3.8) is 0 Å². The van der Waals surface area contributed by atoms with Gasteiger partial charge in [-0.05, 0) is 43.9 Å². The largest absolute Gasteiger partial charge is 0.465 e. The van der Waals surface area contributed by atoms with Gasteiger partial charge in [0.05, 0.1) is 24.1 Å². The van der Waals surface area contributed by atoms with Gasteiger partial charge >= 0.3 is 5.97 Å². The number of nitrogens with zero attached hydrogens (tertiary/aromatic N) is 4. The summed E-state index contributed by atoms with van der Waals surface area (Å²) < 4.78 is 6.05. The molecule has 0 aliphatic rings. The molecule has 0 amide bonds. The predicted molar refractivity (Wildman–Crippen MR) is 107 cm³/mol. The number of hydrogen-bond donors (Lipinski definition) is 1. The zero-order valence-electron chi connectivity index (χ0n) is 16.3. The molecule has 0 spiro atoms. The van der Waals surface area contributed by atoms with Gasteiger partial charge < -0.3 is 15.0 Å². The van der Waals surface area contributed by atoms with Crippen LogP contribution in [0.4, 0.5) is 5.82 Å². The number of ether oxygens (including phenoxy) is 1. The number of anilines is 1. The van der Waals surface area contributed by atoms with Gasteiger partial charge in [-0.15, -0.1) is 0 Å². The fourth-order valence-corrected chi connectivity index (χ4v) is 3.05. The molecule has 2 heterocycles. The number of carbonyl (C=O) groups is 1. The lowest BCUT2D eigenvalue weighted by molar-refractivity contribution is 0.0600. The Morgan fingerprint density at radius 1 is 1.25 bits per heavy atom. The topological polar surface area (TPSA) is 89.3 Å². The summed E-state index contributed by atoms with van der Waals surface area (Å²) in [6.07, 6.45) is 1.64. The fourth-order valence-electron chi connectivity index (χ4n) is 3.05. The molecule has 1 unspecified atom stereocenters. The van der Waals surface area contributed by atoms with E-state index < -0.39 is 0 Å². The molecule has 0 bridgehead atoms. The lowest BCUT2D eigenvalue weighted by atomic mass is 10.0. The number of methoxy groups -OCH3 is 1. The number of nitrogens with one attached hydrogen (secondary N) is 1. The number of hydrogen-bond acceptors (Lipinski definition) is 7. The second-order valence-electron chi connectivity index (χ2n) is 6.65. The molecular weight excluding hydrogens is 358 g/mol. The minimum Gasteiger partial charge on any atom is -0.465 e. The highest BCUT2D eigenvalue weighted by Crippen LogP contribution is 2.21. The molecule has 0 saturated carbocycles. The summed E-state index contributed by atoms with van der Waals surface area (Å²) in [5.74, 6) is 0.189. The van der Waals surface area contributed by atoms with Gasteiger partial charge in [-0.2, -0.15) is 5.10 Å². The molecule has 0 aliphatic heterocycles. The van der Waals surface area contributed by atoms with Crippen molar-refractivity contribution in [2.75, 3.05) is 33.1 Å². The van der Waals surface area contributed by atoms with E-state index in [1.165, 1.54) is 11.8 Å². The third kappa shape index (κ3) is 3.86. The molecule has 2 aromatic heterocycles. The molecule has 3 rings (SSSR count). The Bertz CT molecular complexity index is 1040. The van der Waals surface area contributed by atoms with Crippen LogP contribution in [-0.4, -0.2) is 53.4 Å². The number of likely N-dealkylation sites (N-methyl/N-ethyl adjacent to an activating group) is 1. The van der Waals surface area contributed by atoms with E-state index in [0.29, 0.717) is 28.8 Å². The molecule has 0 saturated heterocycles. The number of fused-ring (bicyclic) bond motifs is 1. The van der Waals surface area contributed by atoms with Crippen molar-refractivity contribution in [2.45, 2.75) is 6.04 Å². The summed E-state index contributed by atoms with van der Waals surface area (Å²) in [5.41, 5.74) is 1.90. The van der Waals surface area contributed by atoms with Crippen LogP contribution in [0.15, 0.2) is 47.4 Å². The van der Waals surface area contributed by atoms with E-state index in [9.17, 15) is 9.59 Å². The number of benzene rings is 1. The fraction of sp³-hybridized carbons (Fsp3) is 0.300. The highest BCUT2D eigenvalue weighted by Gasteiger charge is 2.17. The van der Waals surface area contributed by atoms with Gasteiger partial charge in [0.2, 0.25) is 0 Å². The van der Waals surface area contributed by atoms with Crippen LogP contribution in [0.2, 0.25) is 0 Å². The van der Waals surface area contributed by atoms with E-state index in [4.69, 9.17) is 4.74 Å². The highest BCUT2D eigenvalue weighted by molar-refractivity contribution is 5.89. The van der Waals surface area contributed by atoms with Crippen LogP contribution < -0.4 is 10.9 Å². The Balaban J connectivity index is 1.87. The first kappa shape index (κ1) is 19.5. The summed E-state index contributed by atoms with van der Waals surface area (Å²) in [7, 11) is 6.94. The first-order valence-electron chi connectivity index (χ1n) is 8.83. The van der Waals surface area contributed by atoms with Gasteiger partial charge in [0.15, 0.2) is 5.82 Å². The van der Waals surface area contributed by atoms with Gasteiger partial charge in [0, 0.05) is 19.8 Å². The number of aryl methyl sites for hydroxylation is 1. The van der Waals surface area contributed by atoms with Gasteiger partial charge in [0.1, 0.15) is 5.52 Å². The molecule has 0 aliphatic carbocycles. The molecule has 28 heavy (non-hydrogen) atoms. The number of pyridine rings is 1. The third-order valence-electron chi connectivity index (χ3n) is 4.61. The average Bonchev–Trinajstić information content (AvgIpc) is 2.71. The van der Waals surface area contributed by atoms with Gasteiger partial charge in [-0.1, -0.05) is 12.1 Å². The number of esters is 1. The lowest BCUT2D eigenvalue weighted by Gasteiger charge is -2.25. The minimum absolute atomic E-state index is 0.0180. The monoisotopic (exact) mass is 381 g/mol. The molecule has 8 nitrogen and oxygen atoms in total. The zero-order valence-corrected chi connectivity index (χ0v) is 16.3. The van der Waals surface area contributed by atoms with E-state index >= 15 is 0 Å². The molecule has 1 N–H and O–H groups in total. The Labute approximate surface area is 162 Å². The number of carbonyl (C=O) groups excluding carboxylic acids is 1. The van der Waals surface area contributed by atoms with Crippen LogP contribution in [0, 0.1) is 0 Å². The van der Waals surface area contributed by atoms with E-state index in [2.05, 4.69) is 20.3 Å². The second kappa shape index (κ2) is 8.18. The first-order valence-corrected chi connectivity index (χ1v) is 8.83. The van der Waals surface area contributed by atoms with Crippen molar-refractivity contribution in [1.82, 2.24) is 19.7 Å². The van der Waals surface area contributed by atoms with Crippen molar-refractivity contribution in [1.29, 1.82) is 0 Å². The SMILES string of the molecule is COC(=O)c1ccc(C(CNc2nn(C)c(=O)c3cccnc23)N(C)C)cc1. The first-order chi connectivity index (χ1) is 13.4. The van der Waals surface area contributed by atoms with E-state index in [1.807, 2.05) is 26.2 Å². The van der Waals surface area contributed by atoms with Crippen LogP contribution >= 0.6 is 0 Å². The van der Waals surface area contributed by atoms with Crippen LogP contribution in [0.25, 0.3) is 10.9 Å². The summed E-state index contributed by atoms with van der Waals surface area (Å²) in [6.45, 7) is 0.543. The predicted octanol–water partition coefficient (Wildman–Crippen LogP) is 1.83. The lowest BCUT2D eigenvalue weighted by Crippen LogP contribution is -2.28. The van der Waals surface area contributed by atoms with Crippen LogP contribution in [0.5, 0.6) is 0 Å².